The smallest absolute Gasteiger partial charge is 0.248 e. The van der Waals surface area contributed by atoms with Crippen LogP contribution in [0.1, 0.15) is 5.56 Å². The maximum atomic E-state index is 13.5. The number of carbonyl (C=O) groups is 1. The summed E-state index contributed by atoms with van der Waals surface area (Å²) in [4.78, 5) is 11.8. The van der Waals surface area contributed by atoms with Gasteiger partial charge in [-0.05, 0) is 35.9 Å². The number of hydrogen-bond acceptors (Lipinski definition) is 4. The highest BCUT2D eigenvalue weighted by atomic mass is 19.1. The van der Waals surface area contributed by atoms with E-state index in [-0.39, 0.29) is 12.3 Å². The van der Waals surface area contributed by atoms with Crippen LogP contribution in [0.15, 0.2) is 42.5 Å². The van der Waals surface area contributed by atoms with E-state index in [1.54, 1.807) is 18.2 Å². The summed E-state index contributed by atoms with van der Waals surface area (Å²) < 4.78 is 36.9. The molecule has 0 spiro atoms. The summed E-state index contributed by atoms with van der Waals surface area (Å²) in [5.41, 5.74) is 0.378. The number of amides is 1. The van der Waals surface area contributed by atoms with E-state index >= 15 is 0 Å². The van der Waals surface area contributed by atoms with Crippen LogP contribution in [-0.2, 0) is 4.79 Å². The van der Waals surface area contributed by atoms with Gasteiger partial charge in [-0.3, -0.25) is 4.79 Å². The third-order valence-corrected chi connectivity index (χ3v) is 3.09. The molecule has 2 rings (SSSR count). The summed E-state index contributed by atoms with van der Waals surface area (Å²) in [7, 11) is 1.45. The van der Waals surface area contributed by atoms with Gasteiger partial charge in [-0.15, -0.1) is 0 Å². The molecule has 1 amide bonds. The molecular weight excluding hydrogens is 330 g/mol. The Bertz CT molecular complexity index is 845. The van der Waals surface area contributed by atoms with Gasteiger partial charge in [0, 0.05) is 12.1 Å². The van der Waals surface area contributed by atoms with Crippen molar-refractivity contribution in [3.05, 3.63) is 59.7 Å². The zero-order valence-electron chi connectivity index (χ0n) is 13.3. The number of nitriles is 1. The summed E-state index contributed by atoms with van der Waals surface area (Å²) >= 11 is 0. The third-order valence-electron chi connectivity index (χ3n) is 3.09. The molecule has 0 fully saturated rings. The minimum Gasteiger partial charge on any atom is -0.493 e. The standard InChI is InChI=1S/C18H14F2N2O3/c1-24-17-10-12(2-6-16(17)25-9-8-21)3-7-18(23)22-15-11-13(19)4-5-14(15)20/h2-7,10-11H,9H2,1H3,(H,22,23)/b7-3+. The Morgan fingerprint density at radius 1 is 1.24 bits per heavy atom. The Kier molecular flexibility index (Phi) is 6.07. The molecule has 128 valence electrons. The average Bonchev–Trinajstić information content (AvgIpc) is 2.61. The quantitative estimate of drug-likeness (QED) is 0.814. The molecule has 0 bridgehead atoms. The van der Waals surface area contributed by atoms with Crippen LogP contribution >= 0.6 is 0 Å². The number of hydrogen-bond donors (Lipinski definition) is 1. The molecule has 0 aliphatic rings. The summed E-state index contributed by atoms with van der Waals surface area (Å²) in [6.07, 6.45) is 2.65. The van der Waals surface area contributed by atoms with E-state index in [2.05, 4.69) is 5.32 Å². The number of anilines is 1. The van der Waals surface area contributed by atoms with Gasteiger partial charge in [-0.1, -0.05) is 6.07 Å². The van der Waals surface area contributed by atoms with Gasteiger partial charge in [0.15, 0.2) is 18.1 Å². The fraction of sp³-hybridized carbons (Fsp3) is 0.111. The van der Waals surface area contributed by atoms with Gasteiger partial charge >= 0.3 is 0 Å². The maximum Gasteiger partial charge on any atom is 0.248 e. The van der Waals surface area contributed by atoms with Crippen LogP contribution in [0.25, 0.3) is 6.08 Å². The van der Waals surface area contributed by atoms with Crippen LogP contribution in [0.2, 0.25) is 0 Å². The Morgan fingerprint density at radius 3 is 2.76 bits per heavy atom. The number of nitrogens with one attached hydrogen (secondary N) is 1. The summed E-state index contributed by atoms with van der Waals surface area (Å²) in [6, 6.07) is 9.50. The highest BCUT2D eigenvalue weighted by molar-refractivity contribution is 6.02. The molecule has 0 saturated heterocycles. The molecule has 1 N–H and O–H groups in total. The summed E-state index contributed by atoms with van der Waals surface area (Å²) in [6.45, 7) is -0.118. The van der Waals surface area contributed by atoms with Crippen LogP contribution in [0.5, 0.6) is 11.5 Å². The number of halogens is 2. The van der Waals surface area contributed by atoms with E-state index in [9.17, 15) is 13.6 Å². The Balaban J connectivity index is 2.09. The van der Waals surface area contributed by atoms with Gasteiger partial charge in [-0.2, -0.15) is 5.26 Å². The summed E-state index contributed by atoms with van der Waals surface area (Å²) in [5.74, 6) is -1.21. The van der Waals surface area contributed by atoms with Crippen molar-refractivity contribution in [3.63, 3.8) is 0 Å². The largest absolute Gasteiger partial charge is 0.493 e. The number of methoxy groups -OCH3 is 1. The first-order valence-corrected chi connectivity index (χ1v) is 7.15. The normalized spacial score (nSPS) is 10.3. The molecule has 0 unspecified atom stereocenters. The fourth-order valence-corrected chi connectivity index (χ4v) is 1.96. The second-order valence-electron chi connectivity index (χ2n) is 4.80. The van der Waals surface area contributed by atoms with Crippen LogP contribution in [0.3, 0.4) is 0 Å². The topological polar surface area (TPSA) is 71.3 Å². The third kappa shape index (κ3) is 5.04. The van der Waals surface area contributed by atoms with Crippen molar-refractivity contribution >= 4 is 17.7 Å². The van der Waals surface area contributed by atoms with Gasteiger partial charge in [-0.25, -0.2) is 8.78 Å². The van der Waals surface area contributed by atoms with E-state index in [4.69, 9.17) is 14.7 Å². The van der Waals surface area contributed by atoms with Crippen LogP contribution in [-0.4, -0.2) is 19.6 Å². The molecule has 0 aliphatic carbocycles. The Hall–Kier alpha value is -3.40. The highest BCUT2D eigenvalue weighted by Gasteiger charge is 2.07. The molecule has 25 heavy (non-hydrogen) atoms. The highest BCUT2D eigenvalue weighted by Crippen LogP contribution is 2.28. The van der Waals surface area contributed by atoms with E-state index in [1.807, 2.05) is 6.07 Å². The van der Waals surface area contributed by atoms with Crippen molar-refractivity contribution in [2.45, 2.75) is 0 Å². The molecule has 0 heterocycles. The molecule has 2 aromatic carbocycles. The van der Waals surface area contributed by atoms with Crippen molar-refractivity contribution < 1.29 is 23.0 Å². The minimum atomic E-state index is -0.733. The van der Waals surface area contributed by atoms with E-state index < -0.39 is 17.5 Å². The maximum absolute atomic E-state index is 13.5. The zero-order chi connectivity index (χ0) is 18.2. The molecule has 0 aromatic heterocycles. The number of nitrogens with zero attached hydrogens (tertiary/aromatic N) is 1. The molecular formula is C18H14F2N2O3. The molecule has 0 atom stereocenters. The van der Waals surface area contributed by atoms with Gasteiger partial charge in [0.2, 0.25) is 5.91 Å². The SMILES string of the molecule is COc1cc(/C=C/C(=O)Nc2cc(F)ccc2F)ccc1OCC#N. The first-order valence-electron chi connectivity index (χ1n) is 7.15. The predicted molar refractivity (Wildman–Crippen MR) is 88.1 cm³/mol. The number of rotatable bonds is 6. The Labute approximate surface area is 143 Å². The van der Waals surface area contributed by atoms with E-state index in [0.717, 1.165) is 18.2 Å². The monoisotopic (exact) mass is 344 g/mol. The van der Waals surface area contributed by atoms with Crippen molar-refractivity contribution in [2.75, 3.05) is 19.0 Å². The first-order chi connectivity index (χ1) is 12.0. The number of benzene rings is 2. The molecule has 5 nitrogen and oxygen atoms in total. The molecule has 0 aliphatic heterocycles. The zero-order valence-corrected chi connectivity index (χ0v) is 13.3. The van der Waals surface area contributed by atoms with Crippen LogP contribution in [0.4, 0.5) is 14.5 Å². The van der Waals surface area contributed by atoms with Crippen molar-refractivity contribution in [2.24, 2.45) is 0 Å². The van der Waals surface area contributed by atoms with Crippen LogP contribution in [0, 0.1) is 23.0 Å². The average molecular weight is 344 g/mol. The second-order valence-corrected chi connectivity index (χ2v) is 4.80. The van der Waals surface area contributed by atoms with Crippen molar-refractivity contribution in [3.8, 4) is 17.6 Å². The lowest BCUT2D eigenvalue weighted by atomic mass is 10.2. The van der Waals surface area contributed by atoms with Gasteiger partial charge in [0.1, 0.15) is 17.7 Å². The Morgan fingerprint density at radius 2 is 2.04 bits per heavy atom. The predicted octanol–water partition coefficient (Wildman–Crippen LogP) is 3.53. The lowest BCUT2D eigenvalue weighted by Gasteiger charge is -2.08. The molecule has 0 saturated carbocycles. The number of carbonyl (C=O) groups excluding carboxylic acids is 1. The van der Waals surface area contributed by atoms with Crippen molar-refractivity contribution in [1.29, 1.82) is 5.26 Å². The van der Waals surface area contributed by atoms with Gasteiger partial charge < -0.3 is 14.8 Å². The molecule has 7 heteroatoms. The lowest BCUT2D eigenvalue weighted by Crippen LogP contribution is -2.09. The molecule has 2 aromatic rings. The van der Waals surface area contributed by atoms with Crippen LogP contribution < -0.4 is 14.8 Å². The second kappa shape index (κ2) is 8.45. The summed E-state index contributed by atoms with van der Waals surface area (Å²) in [5, 5.41) is 10.8. The lowest BCUT2D eigenvalue weighted by molar-refractivity contribution is -0.111. The van der Waals surface area contributed by atoms with E-state index in [0.29, 0.717) is 17.1 Å². The first kappa shape index (κ1) is 17.9. The van der Waals surface area contributed by atoms with Crippen molar-refractivity contribution in [1.82, 2.24) is 0 Å². The van der Waals surface area contributed by atoms with E-state index in [1.165, 1.54) is 19.3 Å². The van der Waals surface area contributed by atoms with Gasteiger partial charge in [0.05, 0.1) is 12.8 Å². The number of ether oxygens (including phenoxy) is 2. The fourth-order valence-electron chi connectivity index (χ4n) is 1.96. The van der Waals surface area contributed by atoms with Gasteiger partial charge in [0.25, 0.3) is 0 Å². The molecule has 0 radical (unpaired) electrons. The minimum absolute atomic E-state index is 0.118.